The molecule has 7 nitrogen and oxygen atoms in total. The Morgan fingerprint density at radius 2 is 1.38 bits per heavy atom. The number of ether oxygens (including phenoxy) is 4. The number of hydrogen-bond donors (Lipinski definition) is 0. The SMILES string of the molecule is C1=CC(c2ccccc2)N(c2csc3c2OCCO3)c2nc(-c3ccccc3)c(-c3csc4c3OCCO4)nc21. The Balaban J connectivity index is 1.37. The van der Waals surface area contributed by atoms with Crippen molar-refractivity contribution < 1.29 is 18.9 Å². The van der Waals surface area contributed by atoms with E-state index in [2.05, 4.69) is 64.2 Å². The van der Waals surface area contributed by atoms with E-state index in [1.165, 1.54) is 11.3 Å². The first-order valence-electron chi connectivity index (χ1n) is 13.1. The van der Waals surface area contributed by atoms with Gasteiger partial charge in [0.2, 0.25) is 10.1 Å². The zero-order valence-electron chi connectivity index (χ0n) is 21.3. The van der Waals surface area contributed by atoms with Crippen LogP contribution in [0.25, 0.3) is 28.6 Å². The number of nitrogens with zero attached hydrogens (tertiary/aromatic N) is 3. The van der Waals surface area contributed by atoms with Crippen molar-refractivity contribution in [2.45, 2.75) is 6.04 Å². The van der Waals surface area contributed by atoms with Gasteiger partial charge in [0.05, 0.1) is 17.3 Å². The molecular weight excluding hydrogens is 542 g/mol. The minimum Gasteiger partial charge on any atom is -0.484 e. The van der Waals surface area contributed by atoms with E-state index in [9.17, 15) is 0 Å². The fourth-order valence-corrected chi connectivity index (χ4v) is 7.02. The molecule has 198 valence electrons. The van der Waals surface area contributed by atoms with Gasteiger partial charge < -0.3 is 23.8 Å². The van der Waals surface area contributed by atoms with Crippen LogP contribution in [0.15, 0.2) is 77.5 Å². The van der Waals surface area contributed by atoms with Crippen LogP contribution in [0.4, 0.5) is 11.5 Å². The Labute approximate surface area is 238 Å². The highest BCUT2D eigenvalue weighted by molar-refractivity contribution is 7.13. The maximum atomic E-state index is 6.15. The highest BCUT2D eigenvalue weighted by Crippen LogP contribution is 2.53. The predicted octanol–water partition coefficient (Wildman–Crippen LogP) is 7.38. The average molecular weight is 566 g/mol. The summed E-state index contributed by atoms with van der Waals surface area (Å²) in [6.45, 7) is 2.11. The third-order valence-electron chi connectivity index (χ3n) is 7.08. The molecule has 0 saturated carbocycles. The summed E-state index contributed by atoms with van der Waals surface area (Å²) >= 11 is 3.07. The van der Waals surface area contributed by atoms with E-state index in [0.29, 0.717) is 26.4 Å². The largest absolute Gasteiger partial charge is 0.484 e. The van der Waals surface area contributed by atoms with Crippen LogP contribution in [-0.2, 0) is 0 Å². The van der Waals surface area contributed by atoms with Crippen molar-refractivity contribution >= 4 is 40.3 Å². The lowest BCUT2D eigenvalue weighted by Gasteiger charge is -2.35. The zero-order valence-corrected chi connectivity index (χ0v) is 22.9. The minimum absolute atomic E-state index is 0.104. The second-order valence-electron chi connectivity index (χ2n) is 9.48. The fourth-order valence-electron chi connectivity index (χ4n) is 5.29. The van der Waals surface area contributed by atoms with Crippen LogP contribution in [0.5, 0.6) is 21.6 Å². The molecule has 8 rings (SSSR count). The Bertz CT molecular complexity index is 1730. The Morgan fingerprint density at radius 1 is 0.700 bits per heavy atom. The van der Waals surface area contributed by atoms with Gasteiger partial charge in [-0.15, -0.1) is 22.7 Å². The summed E-state index contributed by atoms with van der Waals surface area (Å²) in [5.74, 6) is 2.25. The molecule has 40 heavy (non-hydrogen) atoms. The molecule has 0 spiro atoms. The van der Waals surface area contributed by atoms with Crippen LogP contribution < -0.4 is 23.8 Å². The summed E-state index contributed by atoms with van der Waals surface area (Å²) in [4.78, 5) is 12.9. The van der Waals surface area contributed by atoms with Gasteiger partial charge in [0, 0.05) is 16.3 Å². The van der Waals surface area contributed by atoms with Gasteiger partial charge in [0.25, 0.3) is 0 Å². The van der Waals surface area contributed by atoms with E-state index in [4.69, 9.17) is 28.9 Å². The van der Waals surface area contributed by atoms with Crippen molar-refractivity contribution in [2.24, 2.45) is 0 Å². The molecule has 0 radical (unpaired) electrons. The molecule has 1 unspecified atom stereocenters. The maximum Gasteiger partial charge on any atom is 0.219 e. The highest BCUT2D eigenvalue weighted by Gasteiger charge is 2.35. The molecule has 5 aromatic rings. The first kappa shape index (κ1) is 23.5. The first-order valence-corrected chi connectivity index (χ1v) is 14.9. The van der Waals surface area contributed by atoms with Crippen molar-refractivity contribution in [3.8, 4) is 44.1 Å². The van der Waals surface area contributed by atoms with Gasteiger partial charge in [0.15, 0.2) is 17.3 Å². The van der Waals surface area contributed by atoms with Gasteiger partial charge in [-0.2, -0.15) is 0 Å². The molecule has 1 atom stereocenters. The third-order valence-corrected chi connectivity index (χ3v) is 8.81. The predicted molar refractivity (Wildman–Crippen MR) is 157 cm³/mol. The van der Waals surface area contributed by atoms with Crippen molar-refractivity contribution in [1.82, 2.24) is 9.97 Å². The summed E-state index contributed by atoms with van der Waals surface area (Å²) in [5, 5.41) is 5.71. The highest BCUT2D eigenvalue weighted by atomic mass is 32.1. The second kappa shape index (κ2) is 9.69. The third kappa shape index (κ3) is 3.84. The van der Waals surface area contributed by atoms with Gasteiger partial charge in [0.1, 0.15) is 43.5 Å². The molecule has 0 N–H and O–H groups in total. The van der Waals surface area contributed by atoms with Crippen molar-refractivity contribution in [3.63, 3.8) is 0 Å². The molecule has 0 aliphatic carbocycles. The summed E-state index contributed by atoms with van der Waals surface area (Å²) in [7, 11) is 0. The fraction of sp³-hybridized carbons (Fsp3) is 0.161. The normalized spacial score (nSPS) is 17.0. The Kier molecular flexibility index (Phi) is 5.70. The lowest BCUT2D eigenvalue weighted by Crippen LogP contribution is -2.28. The number of thiophene rings is 2. The molecule has 0 amide bonds. The van der Waals surface area contributed by atoms with Crippen LogP contribution >= 0.6 is 22.7 Å². The molecule has 3 aromatic heterocycles. The Morgan fingerprint density at radius 3 is 2.17 bits per heavy atom. The molecule has 3 aliphatic rings. The summed E-state index contributed by atoms with van der Waals surface area (Å²) in [6.07, 6.45) is 4.25. The number of aromatic nitrogens is 2. The van der Waals surface area contributed by atoms with E-state index in [0.717, 1.165) is 66.9 Å². The van der Waals surface area contributed by atoms with E-state index >= 15 is 0 Å². The number of fused-ring (bicyclic) bond motifs is 3. The maximum absolute atomic E-state index is 6.15. The molecule has 3 aliphatic heterocycles. The number of benzene rings is 2. The van der Waals surface area contributed by atoms with E-state index in [1.807, 2.05) is 24.3 Å². The van der Waals surface area contributed by atoms with Gasteiger partial charge in [-0.05, 0) is 11.6 Å². The van der Waals surface area contributed by atoms with Gasteiger partial charge in [-0.25, -0.2) is 9.97 Å². The van der Waals surface area contributed by atoms with Gasteiger partial charge in [-0.1, -0.05) is 66.7 Å². The van der Waals surface area contributed by atoms with E-state index < -0.39 is 0 Å². The van der Waals surface area contributed by atoms with Crippen molar-refractivity contribution in [1.29, 1.82) is 0 Å². The number of anilines is 2. The topological polar surface area (TPSA) is 65.9 Å². The average Bonchev–Trinajstić information content (AvgIpc) is 3.65. The van der Waals surface area contributed by atoms with E-state index in [-0.39, 0.29) is 6.04 Å². The van der Waals surface area contributed by atoms with Gasteiger partial charge >= 0.3 is 0 Å². The molecule has 0 bridgehead atoms. The molecule has 0 saturated heterocycles. The smallest absolute Gasteiger partial charge is 0.219 e. The minimum atomic E-state index is -0.104. The summed E-state index contributed by atoms with van der Waals surface area (Å²) in [5.41, 5.74) is 6.25. The van der Waals surface area contributed by atoms with Crippen molar-refractivity contribution in [2.75, 3.05) is 31.3 Å². The van der Waals surface area contributed by atoms with Crippen LogP contribution in [-0.4, -0.2) is 36.4 Å². The van der Waals surface area contributed by atoms with Gasteiger partial charge in [-0.3, -0.25) is 0 Å². The number of rotatable bonds is 4. The summed E-state index contributed by atoms with van der Waals surface area (Å²) in [6, 6.07) is 20.5. The standard InChI is InChI=1S/C31H23N3O4S2/c1-3-7-19(8-4-1)23-12-11-22-29(34(23)24-18-40-31-28(24)36-14-16-38-31)33-25(20-9-5-2-6-10-20)26(32-22)21-17-39-30-27(21)35-13-15-37-30/h1-12,17-18,23H,13-16H2. The number of hydrogen-bond acceptors (Lipinski definition) is 9. The second-order valence-corrected chi connectivity index (χ2v) is 11.2. The zero-order chi connectivity index (χ0) is 26.5. The quantitative estimate of drug-likeness (QED) is 0.225. The van der Waals surface area contributed by atoms with Crippen LogP contribution in [0.3, 0.4) is 0 Å². The van der Waals surface area contributed by atoms with Crippen molar-refractivity contribution in [3.05, 3.63) is 88.8 Å². The molecule has 0 fully saturated rings. The molecule has 2 aromatic carbocycles. The molecular formula is C31H23N3O4S2. The lowest BCUT2D eigenvalue weighted by atomic mass is 9.99. The van der Waals surface area contributed by atoms with Crippen LogP contribution in [0, 0.1) is 0 Å². The lowest BCUT2D eigenvalue weighted by molar-refractivity contribution is 0.178. The van der Waals surface area contributed by atoms with Crippen LogP contribution in [0.1, 0.15) is 17.3 Å². The Hall–Kier alpha value is -4.34. The summed E-state index contributed by atoms with van der Waals surface area (Å²) < 4.78 is 24.0. The van der Waals surface area contributed by atoms with E-state index in [1.54, 1.807) is 11.3 Å². The molecule has 6 heterocycles. The van der Waals surface area contributed by atoms with Crippen LogP contribution in [0.2, 0.25) is 0 Å². The molecule has 9 heteroatoms. The first-order chi connectivity index (χ1) is 19.8. The monoisotopic (exact) mass is 565 g/mol.